The van der Waals surface area contributed by atoms with E-state index in [0.29, 0.717) is 13.0 Å². The second-order valence-electron chi connectivity index (χ2n) is 3.80. The maximum absolute atomic E-state index is 11.9. The van der Waals surface area contributed by atoms with E-state index in [9.17, 15) is 8.42 Å². The third-order valence-corrected chi connectivity index (χ3v) is 3.86. The number of hydrogen-bond donors (Lipinski definition) is 2. The van der Waals surface area contributed by atoms with Crippen molar-refractivity contribution in [1.29, 1.82) is 0 Å². The lowest BCUT2D eigenvalue weighted by Crippen LogP contribution is -2.33. The fraction of sp³-hybridized carbons (Fsp3) is 0.455. The summed E-state index contributed by atoms with van der Waals surface area (Å²) in [5.41, 5.74) is 0. The van der Waals surface area contributed by atoms with Crippen molar-refractivity contribution in [2.24, 2.45) is 0 Å². The molecular weight excluding hydrogens is 242 g/mol. The number of benzene rings is 1. The van der Waals surface area contributed by atoms with E-state index in [4.69, 9.17) is 9.84 Å². The molecule has 0 bridgehead atoms. The van der Waals surface area contributed by atoms with Crippen molar-refractivity contribution in [3.63, 3.8) is 0 Å². The minimum absolute atomic E-state index is 0.0383. The Bertz CT molecular complexity index is 441. The fourth-order valence-electron chi connectivity index (χ4n) is 1.31. The van der Waals surface area contributed by atoms with Crippen LogP contribution in [0.15, 0.2) is 29.2 Å². The van der Waals surface area contributed by atoms with Gasteiger partial charge in [0.25, 0.3) is 0 Å². The van der Waals surface area contributed by atoms with Gasteiger partial charge in [0.15, 0.2) is 0 Å². The summed E-state index contributed by atoms with van der Waals surface area (Å²) >= 11 is 0. The third-order valence-electron chi connectivity index (χ3n) is 2.26. The maximum Gasteiger partial charge on any atom is 0.240 e. The van der Waals surface area contributed by atoms with Gasteiger partial charge in [-0.2, -0.15) is 0 Å². The number of sulfonamides is 1. The summed E-state index contributed by atoms with van der Waals surface area (Å²) < 4.78 is 31.2. The predicted molar refractivity (Wildman–Crippen MR) is 64.4 cm³/mol. The molecule has 6 heteroatoms. The molecule has 0 aliphatic rings. The molecule has 0 aromatic heterocycles. The van der Waals surface area contributed by atoms with Crippen LogP contribution in [0.4, 0.5) is 0 Å². The van der Waals surface area contributed by atoms with Crippen LogP contribution in [0.25, 0.3) is 0 Å². The van der Waals surface area contributed by atoms with Gasteiger partial charge in [-0.05, 0) is 37.6 Å². The monoisotopic (exact) mass is 259 g/mol. The number of nitrogens with one attached hydrogen (secondary N) is 1. The van der Waals surface area contributed by atoms with Crippen LogP contribution in [0.2, 0.25) is 0 Å². The highest BCUT2D eigenvalue weighted by Crippen LogP contribution is 2.14. The number of ether oxygens (including phenoxy) is 1. The summed E-state index contributed by atoms with van der Waals surface area (Å²) in [6.07, 6.45) is 0.605. The summed E-state index contributed by atoms with van der Waals surface area (Å²) in [6, 6.07) is 5.21. The molecule has 0 saturated heterocycles. The van der Waals surface area contributed by atoms with Crippen LogP contribution in [-0.4, -0.2) is 33.3 Å². The molecule has 0 heterocycles. The predicted octanol–water partition coefficient (Wildman–Crippen LogP) is 1.10. The van der Waals surface area contributed by atoms with Gasteiger partial charge in [-0.25, -0.2) is 13.1 Å². The van der Waals surface area contributed by atoms with Gasteiger partial charge in [0.1, 0.15) is 5.75 Å². The lowest BCUT2D eigenvalue weighted by atomic mass is 10.3. The Morgan fingerprint density at radius 2 is 1.94 bits per heavy atom. The van der Waals surface area contributed by atoms with Crippen molar-refractivity contribution < 1.29 is 18.3 Å². The number of aromatic hydroxyl groups is 1. The second kappa shape index (κ2) is 6.00. The van der Waals surface area contributed by atoms with Crippen LogP contribution >= 0.6 is 0 Å². The molecule has 0 fully saturated rings. The molecule has 0 aliphatic heterocycles. The highest BCUT2D eigenvalue weighted by molar-refractivity contribution is 7.89. The lowest BCUT2D eigenvalue weighted by molar-refractivity contribution is 0.188. The first kappa shape index (κ1) is 14.0. The van der Waals surface area contributed by atoms with Crippen LogP contribution in [0.5, 0.6) is 5.75 Å². The van der Waals surface area contributed by atoms with Crippen molar-refractivity contribution in [3.8, 4) is 5.75 Å². The number of methoxy groups -OCH3 is 1. The number of phenols is 1. The summed E-state index contributed by atoms with van der Waals surface area (Å²) in [7, 11) is -1.95. The quantitative estimate of drug-likeness (QED) is 0.802. The van der Waals surface area contributed by atoms with Crippen LogP contribution in [0.1, 0.15) is 13.3 Å². The highest BCUT2D eigenvalue weighted by atomic mass is 32.2. The molecule has 17 heavy (non-hydrogen) atoms. The Morgan fingerprint density at radius 1 is 1.35 bits per heavy atom. The summed E-state index contributed by atoms with van der Waals surface area (Å²) in [5.74, 6) is 0.0383. The van der Waals surface area contributed by atoms with Crippen LogP contribution < -0.4 is 4.72 Å². The Labute approximate surface area is 101 Å². The number of rotatable bonds is 6. The van der Waals surface area contributed by atoms with Gasteiger partial charge in [0.2, 0.25) is 10.0 Å². The van der Waals surface area contributed by atoms with Gasteiger partial charge in [0, 0.05) is 19.8 Å². The SMILES string of the molecule is COCCC(C)NS(=O)(=O)c1ccc(O)cc1. The third kappa shape index (κ3) is 4.33. The molecule has 2 N–H and O–H groups in total. The topological polar surface area (TPSA) is 75.6 Å². The first-order valence-electron chi connectivity index (χ1n) is 5.26. The van der Waals surface area contributed by atoms with E-state index in [-0.39, 0.29) is 16.7 Å². The van der Waals surface area contributed by atoms with E-state index in [1.54, 1.807) is 14.0 Å². The van der Waals surface area contributed by atoms with Crippen LogP contribution in [0, 0.1) is 0 Å². The molecule has 0 saturated carbocycles. The number of hydrogen-bond acceptors (Lipinski definition) is 4. The minimum Gasteiger partial charge on any atom is -0.508 e. The van der Waals surface area contributed by atoms with Crippen molar-refractivity contribution in [2.45, 2.75) is 24.3 Å². The molecule has 1 unspecified atom stereocenters. The van der Waals surface area contributed by atoms with E-state index in [2.05, 4.69) is 4.72 Å². The average Bonchev–Trinajstić information content (AvgIpc) is 2.26. The molecule has 96 valence electrons. The largest absolute Gasteiger partial charge is 0.508 e. The Hall–Kier alpha value is -1.11. The average molecular weight is 259 g/mol. The Morgan fingerprint density at radius 3 is 2.47 bits per heavy atom. The van der Waals surface area contributed by atoms with Crippen molar-refractivity contribution in [2.75, 3.05) is 13.7 Å². The van der Waals surface area contributed by atoms with Gasteiger partial charge in [-0.1, -0.05) is 0 Å². The zero-order valence-electron chi connectivity index (χ0n) is 9.88. The molecule has 0 radical (unpaired) electrons. The molecule has 1 rings (SSSR count). The van der Waals surface area contributed by atoms with Crippen LogP contribution in [-0.2, 0) is 14.8 Å². The van der Waals surface area contributed by atoms with Gasteiger partial charge < -0.3 is 9.84 Å². The number of phenolic OH excluding ortho intramolecular Hbond substituents is 1. The van der Waals surface area contributed by atoms with Gasteiger partial charge in [0.05, 0.1) is 4.90 Å². The molecule has 0 spiro atoms. The summed E-state index contributed by atoms with van der Waals surface area (Å²) in [5, 5.41) is 9.09. The molecule has 1 aromatic rings. The summed E-state index contributed by atoms with van der Waals surface area (Å²) in [4.78, 5) is 0.138. The van der Waals surface area contributed by atoms with Gasteiger partial charge in [-0.3, -0.25) is 0 Å². The van der Waals surface area contributed by atoms with Crippen molar-refractivity contribution in [1.82, 2.24) is 4.72 Å². The van der Waals surface area contributed by atoms with Gasteiger partial charge >= 0.3 is 0 Å². The van der Waals surface area contributed by atoms with E-state index in [1.165, 1.54) is 24.3 Å². The maximum atomic E-state index is 11.9. The Kier molecular flexibility index (Phi) is 4.92. The summed E-state index contributed by atoms with van der Waals surface area (Å²) in [6.45, 7) is 2.27. The van der Waals surface area contributed by atoms with Gasteiger partial charge in [-0.15, -0.1) is 0 Å². The fourth-order valence-corrected chi connectivity index (χ4v) is 2.59. The molecule has 1 atom stereocenters. The standard InChI is InChI=1S/C11H17NO4S/c1-9(7-8-16-2)12-17(14,15)11-5-3-10(13)4-6-11/h3-6,9,12-13H,7-8H2,1-2H3. The van der Waals surface area contributed by atoms with Crippen molar-refractivity contribution >= 4 is 10.0 Å². The van der Waals surface area contributed by atoms with Crippen LogP contribution in [0.3, 0.4) is 0 Å². The first-order chi connectivity index (χ1) is 7.95. The van der Waals surface area contributed by atoms with E-state index in [0.717, 1.165) is 0 Å². The zero-order valence-corrected chi connectivity index (χ0v) is 10.7. The molecular formula is C11H17NO4S. The molecule has 5 nitrogen and oxygen atoms in total. The van der Waals surface area contributed by atoms with Crippen molar-refractivity contribution in [3.05, 3.63) is 24.3 Å². The highest BCUT2D eigenvalue weighted by Gasteiger charge is 2.16. The Balaban J connectivity index is 2.71. The van der Waals surface area contributed by atoms with E-state index in [1.807, 2.05) is 0 Å². The normalized spacial score (nSPS) is 13.5. The first-order valence-corrected chi connectivity index (χ1v) is 6.74. The second-order valence-corrected chi connectivity index (χ2v) is 5.51. The zero-order chi connectivity index (χ0) is 12.9. The van der Waals surface area contributed by atoms with E-state index < -0.39 is 10.0 Å². The lowest BCUT2D eigenvalue weighted by Gasteiger charge is -2.13. The smallest absolute Gasteiger partial charge is 0.240 e. The van der Waals surface area contributed by atoms with E-state index >= 15 is 0 Å². The molecule has 0 amide bonds. The molecule has 1 aromatic carbocycles. The molecule has 0 aliphatic carbocycles. The minimum atomic E-state index is -3.52.